The molecule has 2 N–H and O–H groups in total. The second kappa shape index (κ2) is 6.49. The molecule has 0 atom stereocenters. The fraction of sp³-hybridized carbons (Fsp3) is 0.417. The standard InChI is InChI=1S/C12H16ClN5O/c1-19-11-8-9(13)4-5-10(11)12-15-16-17-18(12)7-3-2-6-14/h4-5,8H,2-3,6-7,14H2,1H3. The number of hydrogen-bond donors (Lipinski definition) is 1. The molecule has 1 aromatic carbocycles. The van der Waals surface area contributed by atoms with Gasteiger partial charge < -0.3 is 10.5 Å². The summed E-state index contributed by atoms with van der Waals surface area (Å²) in [6.07, 6.45) is 1.88. The zero-order chi connectivity index (χ0) is 13.7. The van der Waals surface area contributed by atoms with Crippen LogP contribution < -0.4 is 10.5 Å². The molecule has 1 heterocycles. The molecule has 6 nitrogen and oxygen atoms in total. The maximum atomic E-state index is 5.95. The molecule has 102 valence electrons. The molecule has 1 aromatic heterocycles. The lowest BCUT2D eigenvalue weighted by atomic mass is 10.2. The quantitative estimate of drug-likeness (QED) is 0.816. The predicted molar refractivity (Wildman–Crippen MR) is 73.1 cm³/mol. The van der Waals surface area contributed by atoms with Crippen molar-refractivity contribution in [3.8, 4) is 17.1 Å². The van der Waals surface area contributed by atoms with Gasteiger partial charge >= 0.3 is 0 Å². The molecule has 0 unspecified atom stereocenters. The van der Waals surface area contributed by atoms with Crippen molar-refractivity contribution in [1.82, 2.24) is 20.2 Å². The summed E-state index contributed by atoms with van der Waals surface area (Å²) < 4.78 is 7.07. The van der Waals surface area contributed by atoms with E-state index in [1.165, 1.54) is 0 Å². The van der Waals surface area contributed by atoms with Crippen LogP contribution in [0.2, 0.25) is 5.02 Å². The van der Waals surface area contributed by atoms with Crippen LogP contribution in [0.5, 0.6) is 5.75 Å². The van der Waals surface area contributed by atoms with E-state index in [9.17, 15) is 0 Å². The van der Waals surface area contributed by atoms with Gasteiger partial charge in [0.2, 0.25) is 0 Å². The summed E-state index contributed by atoms with van der Waals surface area (Å²) in [4.78, 5) is 0. The highest BCUT2D eigenvalue weighted by Gasteiger charge is 2.14. The molecular weight excluding hydrogens is 266 g/mol. The van der Waals surface area contributed by atoms with Gasteiger partial charge in [-0.1, -0.05) is 11.6 Å². The molecule has 0 saturated heterocycles. The maximum absolute atomic E-state index is 5.95. The first kappa shape index (κ1) is 13.8. The number of aromatic nitrogens is 4. The highest BCUT2D eigenvalue weighted by atomic mass is 35.5. The Labute approximate surface area is 116 Å². The van der Waals surface area contributed by atoms with Gasteiger partial charge in [-0.25, -0.2) is 4.68 Å². The Kier molecular flexibility index (Phi) is 4.70. The molecule has 0 aliphatic heterocycles. The number of methoxy groups -OCH3 is 1. The van der Waals surface area contributed by atoms with Crippen LogP contribution in [0, 0.1) is 0 Å². The van der Waals surface area contributed by atoms with Crippen molar-refractivity contribution < 1.29 is 4.74 Å². The average molecular weight is 282 g/mol. The summed E-state index contributed by atoms with van der Waals surface area (Å²) in [7, 11) is 1.59. The normalized spacial score (nSPS) is 10.7. The first-order valence-electron chi connectivity index (χ1n) is 6.06. The molecule has 0 amide bonds. The van der Waals surface area contributed by atoms with E-state index in [1.54, 1.807) is 23.9 Å². The van der Waals surface area contributed by atoms with Gasteiger partial charge in [0.15, 0.2) is 5.82 Å². The lowest BCUT2D eigenvalue weighted by molar-refractivity contribution is 0.415. The van der Waals surface area contributed by atoms with Crippen LogP contribution in [0.1, 0.15) is 12.8 Å². The van der Waals surface area contributed by atoms with E-state index in [4.69, 9.17) is 22.1 Å². The van der Waals surface area contributed by atoms with Crippen molar-refractivity contribution in [3.05, 3.63) is 23.2 Å². The number of benzene rings is 1. The third-order valence-electron chi connectivity index (χ3n) is 2.76. The fourth-order valence-corrected chi connectivity index (χ4v) is 1.97. The number of aryl methyl sites for hydroxylation is 1. The summed E-state index contributed by atoms with van der Waals surface area (Å²) in [6, 6.07) is 5.39. The van der Waals surface area contributed by atoms with E-state index in [-0.39, 0.29) is 0 Å². The van der Waals surface area contributed by atoms with E-state index < -0.39 is 0 Å². The van der Waals surface area contributed by atoms with Gasteiger partial charge in [-0.2, -0.15) is 0 Å². The van der Waals surface area contributed by atoms with Crippen molar-refractivity contribution in [2.45, 2.75) is 19.4 Å². The summed E-state index contributed by atoms with van der Waals surface area (Å²) in [5, 5.41) is 12.4. The topological polar surface area (TPSA) is 78.9 Å². The fourth-order valence-electron chi connectivity index (χ4n) is 1.80. The SMILES string of the molecule is COc1cc(Cl)ccc1-c1nnnn1CCCCN. The number of unbranched alkanes of at least 4 members (excludes halogenated alkanes) is 1. The number of tetrazole rings is 1. The van der Waals surface area contributed by atoms with Crippen LogP contribution in [-0.2, 0) is 6.54 Å². The Morgan fingerprint density at radius 3 is 2.95 bits per heavy atom. The number of nitrogens with two attached hydrogens (primary N) is 1. The molecule has 2 rings (SSSR count). The van der Waals surface area contributed by atoms with Crippen LogP contribution in [0.25, 0.3) is 11.4 Å². The van der Waals surface area contributed by atoms with Crippen LogP contribution in [0.15, 0.2) is 18.2 Å². The number of ether oxygens (including phenoxy) is 1. The average Bonchev–Trinajstić information content (AvgIpc) is 2.87. The molecule has 7 heteroatoms. The molecule has 19 heavy (non-hydrogen) atoms. The van der Waals surface area contributed by atoms with Crippen molar-refractivity contribution in [2.24, 2.45) is 5.73 Å². The van der Waals surface area contributed by atoms with E-state index in [2.05, 4.69) is 15.5 Å². The molecule has 0 fully saturated rings. The van der Waals surface area contributed by atoms with Gasteiger partial charge in [0.1, 0.15) is 5.75 Å². The monoisotopic (exact) mass is 281 g/mol. The second-order valence-corrected chi connectivity index (χ2v) is 4.50. The first-order chi connectivity index (χ1) is 9.26. The van der Waals surface area contributed by atoms with Gasteiger partial charge in [0.25, 0.3) is 0 Å². The molecular formula is C12H16ClN5O. The zero-order valence-corrected chi connectivity index (χ0v) is 11.5. The van der Waals surface area contributed by atoms with Gasteiger partial charge in [0, 0.05) is 11.6 Å². The van der Waals surface area contributed by atoms with Gasteiger partial charge in [0.05, 0.1) is 12.7 Å². The molecule has 0 spiro atoms. The predicted octanol–water partition coefficient (Wildman–Crippen LogP) is 1.74. The second-order valence-electron chi connectivity index (χ2n) is 4.07. The highest BCUT2D eigenvalue weighted by Crippen LogP contribution is 2.30. The Bertz CT molecular complexity index is 543. The minimum atomic E-state index is 0.614. The highest BCUT2D eigenvalue weighted by molar-refractivity contribution is 6.30. The summed E-state index contributed by atoms with van der Waals surface area (Å²) in [5.41, 5.74) is 6.31. The van der Waals surface area contributed by atoms with Crippen LogP contribution in [0.3, 0.4) is 0 Å². The first-order valence-corrected chi connectivity index (χ1v) is 6.44. The molecule has 0 aliphatic carbocycles. The van der Waals surface area contributed by atoms with Gasteiger partial charge in [-0.3, -0.25) is 0 Å². The lowest BCUT2D eigenvalue weighted by Gasteiger charge is -2.09. The van der Waals surface area contributed by atoms with E-state index >= 15 is 0 Å². The third-order valence-corrected chi connectivity index (χ3v) is 3.00. The van der Waals surface area contributed by atoms with E-state index in [0.717, 1.165) is 24.9 Å². The minimum Gasteiger partial charge on any atom is -0.496 e. The molecule has 0 aliphatic rings. The summed E-state index contributed by atoms with van der Waals surface area (Å²) in [5.74, 6) is 1.33. The van der Waals surface area contributed by atoms with Gasteiger partial charge in [-0.15, -0.1) is 5.10 Å². The largest absolute Gasteiger partial charge is 0.496 e. The lowest BCUT2D eigenvalue weighted by Crippen LogP contribution is -2.06. The number of nitrogens with zero attached hydrogens (tertiary/aromatic N) is 4. The smallest absolute Gasteiger partial charge is 0.185 e. The van der Waals surface area contributed by atoms with Crippen molar-refractivity contribution >= 4 is 11.6 Å². The summed E-state index contributed by atoms with van der Waals surface area (Å²) in [6.45, 7) is 1.40. The van der Waals surface area contributed by atoms with Crippen LogP contribution in [0.4, 0.5) is 0 Å². The Morgan fingerprint density at radius 1 is 1.37 bits per heavy atom. The van der Waals surface area contributed by atoms with E-state index in [0.29, 0.717) is 23.1 Å². The zero-order valence-electron chi connectivity index (χ0n) is 10.7. The maximum Gasteiger partial charge on any atom is 0.185 e. The number of hydrogen-bond acceptors (Lipinski definition) is 5. The summed E-state index contributed by atoms with van der Waals surface area (Å²) >= 11 is 5.95. The Morgan fingerprint density at radius 2 is 2.21 bits per heavy atom. The Balaban J connectivity index is 2.29. The van der Waals surface area contributed by atoms with Crippen LogP contribution >= 0.6 is 11.6 Å². The van der Waals surface area contributed by atoms with E-state index in [1.807, 2.05) is 6.07 Å². The molecule has 0 bridgehead atoms. The van der Waals surface area contributed by atoms with Crippen molar-refractivity contribution in [2.75, 3.05) is 13.7 Å². The van der Waals surface area contributed by atoms with Crippen LogP contribution in [-0.4, -0.2) is 33.9 Å². The number of rotatable bonds is 6. The molecule has 2 aromatic rings. The Hall–Kier alpha value is -1.66. The van der Waals surface area contributed by atoms with Gasteiger partial charge in [-0.05, 0) is 48.0 Å². The third kappa shape index (κ3) is 3.21. The molecule has 0 saturated carbocycles. The number of halogens is 1. The van der Waals surface area contributed by atoms with Crippen molar-refractivity contribution in [1.29, 1.82) is 0 Å². The van der Waals surface area contributed by atoms with Crippen molar-refractivity contribution in [3.63, 3.8) is 0 Å². The minimum absolute atomic E-state index is 0.614. The molecule has 0 radical (unpaired) electrons.